The number of aryl methyl sites for hydroxylation is 1. The van der Waals surface area contributed by atoms with Crippen LogP contribution in [-0.2, 0) is 11.3 Å². The molecule has 134 valence electrons. The number of carbonyl (C=O) groups is 1. The molecule has 0 saturated carbocycles. The van der Waals surface area contributed by atoms with Crippen LogP contribution in [0.5, 0.6) is 0 Å². The van der Waals surface area contributed by atoms with Crippen molar-refractivity contribution in [2.75, 3.05) is 13.1 Å². The van der Waals surface area contributed by atoms with Crippen LogP contribution in [0.15, 0.2) is 36.4 Å². The molecular formula is C20H26ClN3O. The summed E-state index contributed by atoms with van der Waals surface area (Å²) in [6.45, 7) is 8.23. The van der Waals surface area contributed by atoms with Crippen molar-refractivity contribution in [1.29, 1.82) is 0 Å². The summed E-state index contributed by atoms with van der Waals surface area (Å²) in [7, 11) is 0. The Hall–Kier alpha value is -2.07. The maximum atomic E-state index is 12.4. The topological polar surface area (TPSA) is 38.1 Å². The molecule has 4 nitrogen and oxygen atoms in total. The number of halogens is 1. The lowest BCUT2D eigenvalue weighted by Gasteiger charge is -2.19. The summed E-state index contributed by atoms with van der Waals surface area (Å²) in [6, 6.07) is 10.1. The molecule has 2 aromatic rings. The Morgan fingerprint density at radius 3 is 2.44 bits per heavy atom. The van der Waals surface area contributed by atoms with E-state index in [1.54, 1.807) is 16.8 Å². The lowest BCUT2D eigenvalue weighted by molar-refractivity contribution is -0.126. The molecule has 0 unspecified atom stereocenters. The monoisotopic (exact) mass is 359 g/mol. The van der Waals surface area contributed by atoms with Gasteiger partial charge in [-0.25, -0.2) is 4.68 Å². The molecule has 0 fully saturated rings. The highest BCUT2D eigenvalue weighted by Crippen LogP contribution is 2.22. The molecule has 0 N–H and O–H groups in total. The van der Waals surface area contributed by atoms with Crippen molar-refractivity contribution in [3.63, 3.8) is 0 Å². The molecule has 1 amide bonds. The number of rotatable bonds is 8. The fourth-order valence-corrected chi connectivity index (χ4v) is 3.05. The Bertz CT molecular complexity index is 716. The van der Waals surface area contributed by atoms with E-state index in [0.29, 0.717) is 11.7 Å². The number of hydrogen-bond acceptors (Lipinski definition) is 2. The SMILES string of the molecule is CCCN(CCC)C(=O)C=Cc1c(C)nn(Cc2ccccc2)c1Cl. The normalized spacial score (nSPS) is 11.2. The van der Waals surface area contributed by atoms with E-state index in [4.69, 9.17) is 11.6 Å². The molecule has 25 heavy (non-hydrogen) atoms. The molecule has 0 radical (unpaired) electrons. The highest BCUT2D eigenvalue weighted by molar-refractivity contribution is 6.31. The highest BCUT2D eigenvalue weighted by atomic mass is 35.5. The molecule has 0 bridgehead atoms. The minimum Gasteiger partial charge on any atom is -0.339 e. The molecule has 1 aromatic carbocycles. The van der Waals surface area contributed by atoms with Gasteiger partial charge in [0.15, 0.2) is 0 Å². The number of carbonyl (C=O) groups excluding carboxylic acids is 1. The van der Waals surface area contributed by atoms with E-state index < -0.39 is 0 Å². The summed E-state index contributed by atoms with van der Waals surface area (Å²) >= 11 is 6.49. The van der Waals surface area contributed by atoms with Crippen molar-refractivity contribution >= 4 is 23.6 Å². The van der Waals surface area contributed by atoms with Gasteiger partial charge in [-0.1, -0.05) is 55.8 Å². The van der Waals surface area contributed by atoms with Gasteiger partial charge < -0.3 is 4.90 Å². The lowest BCUT2D eigenvalue weighted by Crippen LogP contribution is -2.30. The number of aromatic nitrogens is 2. The number of benzene rings is 1. The van der Waals surface area contributed by atoms with Gasteiger partial charge in [-0.15, -0.1) is 0 Å². The average Bonchev–Trinajstić information content (AvgIpc) is 2.87. The second kappa shape index (κ2) is 9.42. The summed E-state index contributed by atoms with van der Waals surface area (Å²) in [4.78, 5) is 14.3. The summed E-state index contributed by atoms with van der Waals surface area (Å²) < 4.78 is 1.77. The summed E-state index contributed by atoms with van der Waals surface area (Å²) in [5, 5.41) is 5.07. The van der Waals surface area contributed by atoms with E-state index in [1.807, 2.05) is 42.2 Å². The van der Waals surface area contributed by atoms with Crippen molar-refractivity contribution in [3.8, 4) is 0 Å². The molecule has 1 aromatic heterocycles. The van der Waals surface area contributed by atoms with Gasteiger partial charge in [-0.3, -0.25) is 4.79 Å². The van der Waals surface area contributed by atoms with E-state index in [1.165, 1.54) is 0 Å². The first kappa shape index (κ1) is 19.3. The van der Waals surface area contributed by atoms with Crippen molar-refractivity contribution in [2.45, 2.75) is 40.2 Å². The second-order valence-electron chi connectivity index (χ2n) is 6.09. The Morgan fingerprint density at radius 2 is 1.84 bits per heavy atom. The fourth-order valence-electron chi connectivity index (χ4n) is 2.75. The van der Waals surface area contributed by atoms with Gasteiger partial charge >= 0.3 is 0 Å². The van der Waals surface area contributed by atoms with Gasteiger partial charge in [-0.05, 0) is 31.4 Å². The maximum Gasteiger partial charge on any atom is 0.246 e. The van der Waals surface area contributed by atoms with E-state index in [-0.39, 0.29) is 5.91 Å². The first-order valence-corrected chi connectivity index (χ1v) is 9.18. The second-order valence-corrected chi connectivity index (χ2v) is 6.45. The molecule has 0 saturated heterocycles. The predicted molar refractivity (Wildman–Crippen MR) is 104 cm³/mol. The van der Waals surface area contributed by atoms with Crippen LogP contribution in [-0.4, -0.2) is 33.7 Å². The molecule has 0 aliphatic carbocycles. The molecule has 0 spiro atoms. The molecule has 1 heterocycles. The minimum absolute atomic E-state index is 0.0231. The van der Waals surface area contributed by atoms with Crippen molar-refractivity contribution in [3.05, 3.63) is 58.4 Å². The van der Waals surface area contributed by atoms with Crippen LogP contribution in [0.2, 0.25) is 5.15 Å². The summed E-state index contributed by atoms with van der Waals surface area (Å²) in [5.41, 5.74) is 2.76. The average molecular weight is 360 g/mol. The predicted octanol–water partition coefficient (Wildman–Crippen LogP) is 4.56. The lowest BCUT2D eigenvalue weighted by atomic mass is 10.2. The van der Waals surface area contributed by atoms with Gasteiger partial charge in [0.05, 0.1) is 12.2 Å². The van der Waals surface area contributed by atoms with Crippen LogP contribution in [0.1, 0.15) is 43.5 Å². The van der Waals surface area contributed by atoms with Gasteiger partial charge in [0.25, 0.3) is 0 Å². The van der Waals surface area contributed by atoms with Crippen LogP contribution >= 0.6 is 11.6 Å². The van der Waals surface area contributed by atoms with Crippen molar-refractivity contribution in [1.82, 2.24) is 14.7 Å². The molecule has 0 aliphatic heterocycles. The van der Waals surface area contributed by atoms with Crippen LogP contribution in [0, 0.1) is 6.92 Å². The third-order valence-corrected chi connectivity index (χ3v) is 4.37. The Kier molecular flexibility index (Phi) is 7.26. The van der Waals surface area contributed by atoms with Crippen LogP contribution < -0.4 is 0 Å². The highest BCUT2D eigenvalue weighted by Gasteiger charge is 2.13. The van der Waals surface area contributed by atoms with E-state index >= 15 is 0 Å². The quantitative estimate of drug-likeness (QED) is 0.648. The molecule has 5 heteroatoms. The van der Waals surface area contributed by atoms with E-state index in [2.05, 4.69) is 18.9 Å². The van der Waals surface area contributed by atoms with Crippen LogP contribution in [0.25, 0.3) is 6.08 Å². The third-order valence-electron chi connectivity index (χ3n) is 3.98. The van der Waals surface area contributed by atoms with Gasteiger partial charge in [0.1, 0.15) is 5.15 Å². The molecular weight excluding hydrogens is 334 g/mol. The zero-order valence-corrected chi connectivity index (χ0v) is 16.0. The summed E-state index contributed by atoms with van der Waals surface area (Å²) in [5.74, 6) is 0.0231. The summed E-state index contributed by atoms with van der Waals surface area (Å²) in [6.07, 6.45) is 5.30. The van der Waals surface area contributed by atoms with Gasteiger partial charge in [0, 0.05) is 24.7 Å². The van der Waals surface area contributed by atoms with Crippen LogP contribution in [0.4, 0.5) is 0 Å². The fraction of sp³-hybridized carbons (Fsp3) is 0.400. The largest absolute Gasteiger partial charge is 0.339 e. The number of nitrogens with zero attached hydrogens (tertiary/aromatic N) is 3. The zero-order valence-electron chi connectivity index (χ0n) is 15.2. The Labute approximate surface area is 155 Å². The van der Waals surface area contributed by atoms with Gasteiger partial charge in [-0.2, -0.15) is 5.10 Å². The number of amides is 1. The Balaban J connectivity index is 2.15. The van der Waals surface area contributed by atoms with Gasteiger partial charge in [0.2, 0.25) is 5.91 Å². The van der Waals surface area contributed by atoms with Crippen molar-refractivity contribution < 1.29 is 4.79 Å². The number of hydrogen-bond donors (Lipinski definition) is 0. The van der Waals surface area contributed by atoms with Crippen LogP contribution in [0.3, 0.4) is 0 Å². The van der Waals surface area contributed by atoms with Crippen molar-refractivity contribution in [2.24, 2.45) is 0 Å². The smallest absolute Gasteiger partial charge is 0.246 e. The minimum atomic E-state index is 0.0231. The first-order chi connectivity index (χ1) is 12.1. The Morgan fingerprint density at radius 1 is 1.20 bits per heavy atom. The maximum absolute atomic E-state index is 12.4. The molecule has 2 rings (SSSR count). The van der Waals surface area contributed by atoms with E-state index in [0.717, 1.165) is 42.8 Å². The molecule has 0 atom stereocenters. The van der Waals surface area contributed by atoms with E-state index in [9.17, 15) is 4.79 Å². The zero-order chi connectivity index (χ0) is 18.2. The first-order valence-electron chi connectivity index (χ1n) is 8.80. The molecule has 0 aliphatic rings. The third kappa shape index (κ3) is 5.20. The standard InChI is InChI=1S/C20H26ClN3O/c1-4-13-23(14-5-2)19(25)12-11-18-16(3)22-24(20(18)21)15-17-9-7-6-8-10-17/h6-12H,4-5,13-15H2,1-3H3.